The number of rotatable bonds is 7. The molecule has 0 fully saturated rings. The van der Waals surface area contributed by atoms with Gasteiger partial charge >= 0.3 is 0 Å². The van der Waals surface area contributed by atoms with Gasteiger partial charge in [0.1, 0.15) is 0 Å². The molecular weight excluding hydrogens is 845 g/mol. The minimum Gasteiger partial charge on any atom is -0.310 e. The molecule has 0 saturated carbocycles. The zero-order chi connectivity index (χ0) is 50.0. The van der Waals surface area contributed by atoms with Crippen LogP contribution in [0.2, 0.25) is 0 Å². The van der Waals surface area contributed by atoms with E-state index < -0.39 is 5.41 Å². The predicted octanol–water partition coefficient (Wildman–Crippen LogP) is 18.1. The molecule has 2 heteroatoms. The lowest BCUT2D eigenvalue weighted by atomic mass is 9.70. The van der Waals surface area contributed by atoms with Gasteiger partial charge in [-0.15, -0.1) is 0 Å². The highest BCUT2D eigenvalue weighted by molar-refractivity contribution is 5.99. The Morgan fingerprint density at radius 2 is 0.700 bits per heavy atom. The number of para-hydroxylation sites is 2. The number of benzene rings is 11. The van der Waals surface area contributed by atoms with Crippen molar-refractivity contribution in [3.05, 3.63) is 288 Å². The summed E-state index contributed by atoms with van der Waals surface area (Å²) in [6.45, 7) is 4.52. The molecule has 0 N–H and O–H groups in total. The number of fused-ring (bicyclic) bond motifs is 14. The van der Waals surface area contributed by atoms with Crippen molar-refractivity contribution in [3.63, 3.8) is 0 Å². The van der Waals surface area contributed by atoms with Gasteiger partial charge in [0.2, 0.25) is 0 Å². The molecule has 2 nitrogen and oxygen atoms in total. The van der Waals surface area contributed by atoms with Gasteiger partial charge in [-0.3, -0.25) is 0 Å². The molecule has 70 heavy (non-hydrogen) atoms. The lowest BCUT2D eigenvalue weighted by Gasteiger charge is -2.33. The van der Waals surface area contributed by atoms with E-state index in [2.05, 4.69) is 207 Å². The van der Waals surface area contributed by atoms with E-state index in [9.17, 15) is 5.48 Å². The fourth-order valence-corrected chi connectivity index (χ4v) is 12.2. The number of nitrogens with zero attached hydrogens (tertiary/aromatic N) is 2. The first-order valence-electron chi connectivity index (χ1n) is 26.2. The minimum atomic E-state index is -0.761. The standard InChI is InChI=1S/C68H48N2/c1-67(2)61-29-14-11-25-55(61)58-39-36-50(42-64(58)67)70(49-34-32-46(33-35-49)54-28-17-19-45-18-9-10-24-53(45)54)52-38-41-60-57-27-13-16-31-63(57)68(66(60)44-52)62-30-15-12-26-56(62)59-40-37-51(43-65(59)68)69(47-20-5-3-6-21-47)48-22-7-4-8-23-48/h3-44H,1-2H3/i32D,33D,34D,35D. The first-order valence-corrected chi connectivity index (χ1v) is 24.2. The summed E-state index contributed by atoms with van der Waals surface area (Å²) in [5.41, 5.74) is 18.7. The Labute approximate surface area is 415 Å². The third kappa shape index (κ3) is 5.80. The molecule has 3 aliphatic rings. The first-order chi connectivity index (χ1) is 36.2. The summed E-state index contributed by atoms with van der Waals surface area (Å²) in [6, 6.07) is 80.7. The number of anilines is 6. The summed E-state index contributed by atoms with van der Waals surface area (Å²) in [6.07, 6.45) is 0. The van der Waals surface area contributed by atoms with E-state index >= 15 is 0 Å². The van der Waals surface area contributed by atoms with Crippen LogP contribution in [0.15, 0.2) is 255 Å². The maximum atomic E-state index is 10.1. The minimum absolute atomic E-state index is 0.0890. The molecule has 330 valence electrons. The maximum Gasteiger partial charge on any atom is 0.0727 e. The van der Waals surface area contributed by atoms with E-state index in [1.165, 1.54) is 38.9 Å². The lowest BCUT2D eigenvalue weighted by molar-refractivity contribution is 0.660. The van der Waals surface area contributed by atoms with E-state index in [0.717, 1.165) is 67.0 Å². The molecule has 0 radical (unpaired) electrons. The molecule has 1 unspecified atom stereocenters. The van der Waals surface area contributed by atoms with Crippen LogP contribution in [0.1, 0.15) is 52.7 Å². The van der Waals surface area contributed by atoms with Gasteiger partial charge in [0.25, 0.3) is 0 Å². The van der Waals surface area contributed by atoms with E-state index in [1.807, 2.05) is 47.4 Å². The highest BCUT2D eigenvalue weighted by Gasteiger charge is 2.52. The molecule has 3 aliphatic carbocycles. The van der Waals surface area contributed by atoms with Gasteiger partial charge < -0.3 is 9.80 Å². The third-order valence-corrected chi connectivity index (χ3v) is 15.3. The van der Waals surface area contributed by atoms with Crippen molar-refractivity contribution < 1.29 is 5.48 Å². The van der Waals surface area contributed by atoms with Crippen LogP contribution in [-0.2, 0) is 10.8 Å². The molecule has 0 saturated heterocycles. The molecule has 11 aromatic carbocycles. The van der Waals surface area contributed by atoms with Gasteiger partial charge in [-0.05, 0) is 161 Å². The number of hydrogen-bond acceptors (Lipinski definition) is 2. The van der Waals surface area contributed by atoms with Crippen LogP contribution in [0, 0.1) is 0 Å². The van der Waals surface area contributed by atoms with Crippen LogP contribution in [0.5, 0.6) is 0 Å². The molecule has 0 bridgehead atoms. The van der Waals surface area contributed by atoms with Crippen molar-refractivity contribution in [1.29, 1.82) is 0 Å². The summed E-state index contributed by atoms with van der Waals surface area (Å²) >= 11 is 0. The van der Waals surface area contributed by atoms with Crippen molar-refractivity contribution in [3.8, 4) is 44.5 Å². The van der Waals surface area contributed by atoms with Crippen molar-refractivity contribution in [2.45, 2.75) is 24.7 Å². The summed E-state index contributed by atoms with van der Waals surface area (Å²) in [5, 5.41) is 1.85. The average Bonchev–Trinajstić information content (AvgIpc) is 4.14. The van der Waals surface area contributed by atoms with Gasteiger partial charge in [0, 0.05) is 39.5 Å². The van der Waals surface area contributed by atoms with Crippen LogP contribution in [0.4, 0.5) is 34.1 Å². The summed E-state index contributed by atoms with van der Waals surface area (Å²) < 4.78 is 39.8. The fraction of sp³-hybridized carbons (Fsp3) is 0.0588. The Bertz CT molecular complexity index is 4040. The Balaban J connectivity index is 1.04. The molecule has 0 amide bonds. The van der Waals surface area contributed by atoms with Gasteiger partial charge in [0.05, 0.1) is 10.9 Å². The Hall–Kier alpha value is -8.72. The van der Waals surface area contributed by atoms with Gasteiger partial charge in [-0.2, -0.15) is 0 Å². The van der Waals surface area contributed by atoms with Gasteiger partial charge in [-0.25, -0.2) is 0 Å². The smallest absolute Gasteiger partial charge is 0.0727 e. The first kappa shape index (κ1) is 36.3. The molecule has 0 heterocycles. The monoisotopic (exact) mass is 896 g/mol. The highest BCUT2D eigenvalue weighted by Crippen LogP contribution is 2.64. The summed E-state index contributed by atoms with van der Waals surface area (Å²) in [5.74, 6) is 0. The van der Waals surface area contributed by atoms with Crippen LogP contribution in [0.25, 0.3) is 55.3 Å². The summed E-state index contributed by atoms with van der Waals surface area (Å²) in [4.78, 5) is 4.32. The Morgan fingerprint density at radius 3 is 1.27 bits per heavy atom. The van der Waals surface area contributed by atoms with Crippen molar-refractivity contribution in [1.82, 2.24) is 0 Å². The second-order valence-corrected chi connectivity index (χ2v) is 19.3. The highest BCUT2D eigenvalue weighted by atomic mass is 15.1. The molecule has 1 atom stereocenters. The lowest BCUT2D eigenvalue weighted by Crippen LogP contribution is -2.26. The SMILES string of the molecule is [2H]c1c([2H])c(N(c2ccc3c(c2)C(C)(C)c2ccccc2-3)c2ccc3c(c2)C2(c4ccccc4-c4ccc(N(c5ccccc5)c5ccccc5)cc42)c2ccccc2-3)c([2H])c([2H])c1-c1cccc2ccccc12. The molecule has 11 aromatic rings. The second-order valence-electron chi connectivity index (χ2n) is 19.3. The molecule has 1 spiro atoms. The van der Waals surface area contributed by atoms with Crippen LogP contribution < -0.4 is 9.80 Å². The predicted molar refractivity (Wildman–Crippen MR) is 293 cm³/mol. The zero-order valence-corrected chi connectivity index (χ0v) is 38.8. The van der Waals surface area contributed by atoms with E-state index in [4.69, 9.17) is 0 Å². The molecule has 0 aromatic heterocycles. The van der Waals surface area contributed by atoms with E-state index in [1.54, 1.807) is 0 Å². The van der Waals surface area contributed by atoms with Crippen LogP contribution in [0.3, 0.4) is 0 Å². The van der Waals surface area contributed by atoms with Crippen molar-refractivity contribution in [2.75, 3.05) is 9.80 Å². The van der Waals surface area contributed by atoms with Gasteiger partial charge in [0.15, 0.2) is 0 Å². The topological polar surface area (TPSA) is 6.48 Å². The van der Waals surface area contributed by atoms with E-state index in [-0.39, 0.29) is 40.8 Å². The quantitative estimate of drug-likeness (QED) is 0.157. The zero-order valence-electron chi connectivity index (χ0n) is 42.8. The normalized spacial score (nSPS) is 16.0. The maximum absolute atomic E-state index is 10.1. The van der Waals surface area contributed by atoms with Crippen LogP contribution in [-0.4, -0.2) is 0 Å². The largest absolute Gasteiger partial charge is 0.310 e. The third-order valence-electron chi connectivity index (χ3n) is 15.3. The van der Waals surface area contributed by atoms with Crippen LogP contribution >= 0.6 is 0 Å². The van der Waals surface area contributed by atoms with Crippen molar-refractivity contribution >= 4 is 44.9 Å². The van der Waals surface area contributed by atoms with Crippen molar-refractivity contribution in [2.24, 2.45) is 0 Å². The fourth-order valence-electron chi connectivity index (χ4n) is 12.2. The molecule has 14 rings (SSSR count). The van der Waals surface area contributed by atoms with E-state index in [0.29, 0.717) is 5.56 Å². The second kappa shape index (κ2) is 15.4. The van der Waals surface area contributed by atoms with Gasteiger partial charge in [-0.1, -0.05) is 196 Å². The average molecular weight is 897 g/mol. The number of hydrogen-bond donors (Lipinski definition) is 0. The Kier molecular flexibility index (Phi) is 7.99. The summed E-state index contributed by atoms with van der Waals surface area (Å²) in [7, 11) is 0. The Morgan fingerprint density at radius 1 is 0.300 bits per heavy atom. The molecular formula is C68H48N2. The molecule has 0 aliphatic heterocycles.